The average Bonchev–Trinajstić information content (AvgIpc) is 2.40. The Bertz CT molecular complexity index is 586. The predicted molar refractivity (Wildman–Crippen MR) is 78.2 cm³/mol. The van der Waals surface area contributed by atoms with Crippen molar-refractivity contribution >= 4 is 34.2 Å². The molecule has 0 saturated heterocycles. The molecule has 0 unspecified atom stereocenters. The average molecular weight is 377 g/mol. The van der Waals surface area contributed by atoms with Gasteiger partial charge in [0.05, 0.1) is 12.9 Å². The van der Waals surface area contributed by atoms with Crippen LogP contribution in [0.2, 0.25) is 5.15 Å². The van der Waals surface area contributed by atoms with Gasteiger partial charge in [-0.1, -0.05) is 29.8 Å². The predicted octanol–water partition coefficient (Wildman–Crippen LogP) is 2.58. The van der Waals surface area contributed by atoms with Crippen LogP contribution in [0.5, 0.6) is 5.75 Å². The number of ether oxygens (including phenoxy) is 1. The Balaban J connectivity index is 1.99. The summed E-state index contributed by atoms with van der Waals surface area (Å²) in [6.07, 6.45) is 1.43. The van der Waals surface area contributed by atoms with Crippen LogP contribution in [0, 0.1) is 3.57 Å². The molecule has 0 N–H and O–H groups in total. The van der Waals surface area contributed by atoms with Gasteiger partial charge in [0.25, 0.3) is 5.56 Å². The van der Waals surface area contributed by atoms with Crippen LogP contribution >= 0.6 is 34.2 Å². The van der Waals surface area contributed by atoms with E-state index in [2.05, 4.69) is 4.98 Å². The number of para-hydroxylation sites is 1. The first-order chi connectivity index (χ1) is 8.68. The van der Waals surface area contributed by atoms with E-state index < -0.39 is 0 Å². The molecular weight excluding hydrogens is 367 g/mol. The third-order valence-electron chi connectivity index (χ3n) is 2.28. The van der Waals surface area contributed by atoms with Gasteiger partial charge >= 0.3 is 0 Å². The van der Waals surface area contributed by atoms with E-state index in [9.17, 15) is 4.79 Å². The van der Waals surface area contributed by atoms with Gasteiger partial charge < -0.3 is 4.74 Å². The standard InChI is InChI=1S/C12H10ClIN2O2/c13-11-10(14)12(17)16(8-15-11)6-7-18-9-4-2-1-3-5-9/h1-5,8H,6-7H2. The number of rotatable bonds is 4. The maximum absolute atomic E-state index is 11.8. The van der Waals surface area contributed by atoms with E-state index >= 15 is 0 Å². The first-order valence-corrected chi connectivity index (χ1v) is 6.72. The van der Waals surface area contributed by atoms with E-state index in [1.165, 1.54) is 10.9 Å². The highest BCUT2D eigenvalue weighted by molar-refractivity contribution is 14.1. The van der Waals surface area contributed by atoms with Crippen LogP contribution in [0.15, 0.2) is 41.5 Å². The summed E-state index contributed by atoms with van der Waals surface area (Å²) in [6, 6.07) is 9.45. The monoisotopic (exact) mass is 376 g/mol. The Morgan fingerprint density at radius 3 is 2.78 bits per heavy atom. The quantitative estimate of drug-likeness (QED) is 0.608. The molecule has 0 aliphatic carbocycles. The highest BCUT2D eigenvalue weighted by Gasteiger charge is 2.06. The van der Waals surface area contributed by atoms with Gasteiger partial charge in [0, 0.05) is 0 Å². The zero-order valence-electron chi connectivity index (χ0n) is 9.35. The summed E-state index contributed by atoms with van der Waals surface area (Å²) in [7, 11) is 0. The van der Waals surface area contributed by atoms with Crippen molar-refractivity contribution in [2.75, 3.05) is 6.61 Å². The molecule has 1 heterocycles. The summed E-state index contributed by atoms with van der Waals surface area (Å²) in [6.45, 7) is 0.844. The Labute approximate surface area is 123 Å². The van der Waals surface area contributed by atoms with Crippen LogP contribution in [-0.2, 0) is 6.54 Å². The van der Waals surface area contributed by atoms with Crippen LogP contribution in [0.25, 0.3) is 0 Å². The minimum Gasteiger partial charge on any atom is -0.492 e. The topological polar surface area (TPSA) is 44.1 Å². The summed E-state index contributed by atoms with van der Waals surface area (Å²) in [4.78, 5) is 15.7. The lowest BCUT2D eigenvalue weighted by molar-refractivity contribution is 0.295. The van der Waals surface area contributed by atoms with Gasteiger partial charge in [-0.05, 0) is 34.7 Å². The van der Waals surface area contributed by atoms with Crippen LogP contribution in [0.1, 0.15) is 0 Å². The number of halogens is 2. The molecule has 0 bridgehead atoms. The molecular formula is C12H10ClIN2O2. The number of nitrogens with zero attached hydrogens (tertiary/aromatic N) is 2. The molecule has 0 aliphatic heterocycles. The summed E-state index contributed by atoms with van der Waals surface area (Å²) in [5, 5.41) is 0.237. The van der Waals surface area contributed by atoms with E-state index in [1.54, 1.807) is 0 Å². The molecule has 0 atom stereocenters. The molecule has 2 rings (SSSR count). The molecule has 0 fully saturated rings. The smallest absolute Gasteiger partial charge is 0.268 e. The summed E-state index contributed by atoms with van der Waals surface area (Å²) < 4.78 is 7.42. The fraction of sp³-hybridized carbons (Fsp3) is 0.167. The molecule has 2 aromatic rings. The lowest BCUT2D eigenvalue weighted by Gasteiger charge is -2.08. The first kappa shape index (κ1) is 13.4. The van der Waals surface area contributed by atoms with Crippen LogP contribution in [0.4, 0.5) is 0 Å². The minimum atomic E-state index is -0.146. The van der Waals surface area contributed by atoms with Gasteiger partial charge in [-0.3, -0.25) is 9.36 Å². The van der Waals surface area contributed by atoms with Crippen molar-refractivity contribution in [2.45, 2.75) is 6.54 Å². The second-order valence-electron chi connectivity index (χ2n) is 3.51. The van der Waals surface area contributed by atoms with Crippen LogP contribution in [0.3, 0.4) is 0 Å². The van der Waals surface area contributed by atoms with E-state index in [4.69, 9.17) is 16.3 Å². The highest BCUT2D eigenvalue weighted by atomic mass is 127. The molecule has 94 valence electrons. The fourth-order valence-electron chi connectivity index (χ4n) is 1.38. The Kier molecular flexibility index (Phi) is 4.60. The van der Waals surface area contributed by atoms with E-state index in [0.717, 1.165) is 5.75 Å². The normalized spacial score (nSPS) is 10.3. The number of benzene rings is 1. The van der Waals surface area contributed by atoms with Crippen molar-refractivity contribution in [1.82, 2.24) is 9.55 Å². The van der Waals surface area contributed by atoms with Crippen molar-refractivity contribution in [1.29, 1.82) is 0 Å². The van der Waals surface area contributed by atoms with E-state index in [1.807, 2.05) is 52.9 Å². The maximum Gasteiger partial charge on any atom is 0.268 e. The molecule has 18 heavy (non-hydrogen) atoms. The Morgan fingerprint density at radius 2 is 2.06 bits per heavy atom. The van der Waals surface area contributed by atoms with E-state index in [-0.39, 0.29) is 10.7 Å². The van der Waals surface area contributed by atoms with Crippen molar-refractivity contribution < 1.29 is 4.74 Å². The fourth-order valence-corrected chi connectivity index (χ4v) is 1.96. The maximum atomic E-state index is 11.8. The van der Waals surface area contributed by atoms with Crippen molar-refractivity contribution in [3.63, 3.8) is 0 Å². The third kappa shape index (κ3) is 3.23. The molecule has 0 radical (unpaired) electrons. The lowest BCUT2D eigenvalue weighted by atomic mass is 10.3. The summed E-state index contributed by atoms with van der Waals surface area (Å²) in [5.74, 6) is 0.780. The largest absolute Gasteiger partial charge is 0.492 e. The van der Waals surface area contributed by atoms with Gasteiger partial charge in [-0.2, -0.15) is 0 Å². The van der Waals surface area contributed by atoms with E-state index in [0.29, 0.717) is 16.7 Å². The number of aromatic nitrogens is 2. The zero-order valence-corrected chi connectivity index (χ0v) is 12.3. The number of hydrogen-bond acceptors (Lipinski definition) is 3. The van der Waals surface area contributed by atoms with Gasteiger partial charge in [0.2, 0.25) is 0 Å². The molecule has 4 nitrogen and oxygen atoms in total. The second kappa shape index (κ2) is 6.19. The SMILES string of the molecule is O=c1c(I)c(Cl)ncn1CCOc1ccccc1. The second-order valence-corrected chi connectivity index (χ2v) is 4.95. The Hall–Kier alpha value is -1.08. The molecule has 1 aromatic heterocycles. The van der Waals surface area contributed by atoms with Gasteiger partial charge in [-0.25, -0.2) is 4.98 Å². The molecule has 1 aromatic carbocycles. The van der Waals surface area contributed by atoms with Crippen molar-refractivity contribution in [3.05, 3.63) is 55.7 Å². The molecule has 0 saturated carbocycles. The molecule has 0 aliphatic rings. The van der Waals surface area contributed by atoms with Crippen LogP contribution in [-0.4, -0.2) is 16.2 Å². The molecule has 0 amide bonds. The van der Waals surface area contributed by atoms with Gasteiger partial charge in [-0.15, -0.1) is 0 Å². The summed E-state index contributed by atoms with van der Waals surface area (Å²) >= 11 is 7.64. The van der Waals surface area contributed by atoms with Gasteiger partial charge in [0.15, 0.2) is 0 Å². The third-order valence-corrected chi connectivity index (χ3v) is 3.86. The Morgan fingerprint density at radius 1 is 1.33 bits per heavy atom. The lowest BCUT2D eigenvalue weighted by Crippen LogP contribution is -2.25. The van der Waals surface area contributed by atoms with Gasteiger partial charge in [0.1, 0.15) is 21.1 Å². The summed E-state index contributed by atoms with van der Waals surface area (Å²) in [5.41, 5.74) is -0.146. The molecule has 6 heteroatoms. The highest BCUT2D eigenvalue weighted by Crippen LogP contribution is 2.10. The van der Waals surface area contributed by atoms with Crippen molar-refractivity contribution in [2.24, 2.45) is 0 Å². The first-order valence-electron chi connectivity index (χ1n) is 5.27. The van der Waals surface area contributed by atoms with Crippen LogP contribution < -0.4 is 10.3 Å². The molecule has 0 spiro atoms. The minimum absolute atomic E-state index is 0.146. The van der Waals surface area contributed by atoms with Crippen molar-refractivity contribution in [3.8, 4) is 5.75 Å². The zero-order chi connectivity index (χ0) is 13.0. The number of hydrogen-bond donors (Lipinski definition) is 0.